The number of likely N-dealkylation sites (tertiary alicyclic amines) is 1. The van der Waals surface area contributed by atoms with E-state index in [0.29, 0.717) is 18.0 Å². The van der Waals surface area contributed by atoms with Gasteiger partial charge < -0.3 is 16.0 Å². The molecule has 1 heterocycles. The first kappa shape index (κ1) is 24.7. The number of carbonyl (C=O) groups excluding carboxylic acids is 1. The third-order valence-corrected chi connectivity index (χ3v) is 4.51. The Kier molecular flexibility index (Phi) is 10.2. The van der Waals surface area contributed by atoms with Gasteiger partial charge in [0.1, 0.15) is 6.54 Å². The lowest BCUT2D eigenvalue weighted by atomic mass is 10.1. The molecule has 1 aromatic rings. The lowest BCUT2D eigenvalue weighted by Gasteiger charge is -2.21. The molecule has 1 saturated heterocycles. The second-order valence-electron chi connectivity index (χ2n) is 8.33. The first-order valence-corrected chi connectivity index (χ1v) is 9.90. The van der Waals surface area contributed by atoms with E-state index in [1.165, 1.54) is 5.56 Å². The van der Waals surface area contributed by atoms with Gasteiger partial charge in [-0.05, 0) is 46.6 Å². The van der Waals surface area contributed by atoms with Gasteiger partial charge in [0.2, 0.25) is 5.91 Å². The minimum Gasteiger partial charge on any atom is -0.357 e. The van der Waals surface area contributed by atoms with E-state index in [-0.39, 0.29) is 42.0 Å². The molecule has 1 fully saturated rings. The number of carbonyl (C=O) groups is 1. The molecule has 0 bridgehead atoms. The van der Waals surface area contributed by atoms with E-state index in [0.717, 1.165) is 26.1 Å². The summed E-state index contributed by atoms with van der Waals surface area (Å²) in [5.41, 5.74) is 1.10. The number of rotatable bonds is 6. The summed E-state index contributed by atoms with van der Waals surface area (Å²) < 4.78 is 0. The van der Waals surface area contributed by atoms with E-state index < -0.39 is 0 Å². The van der Waals surface area contributed by atoms with Crippen LogP contribution in [-0.2, 0) is 11.3 Å². The molecule has 1 aliphatic rings. The van der Waals surface area contributed by atoms with Crippen LogP contribution in [0.25, 0.3) is 0 Å². The Hall–Kier alpha value is -1.35. The molecule has 2 rings (SSSR count). The normalized spacial score (nSPS) is 20.4. The molecule has 3 N–H and O–H groups in total. The highest BCUT2D eigenvalue weighted by Gasteiger charge is 2.29. The van der Waals surface area contributed by atoms with Crippen molar-refractivity contribution in [1.29, 1.82) is 0 Å². The Morgan fingerprint density at radius 1 is 1.25 bits per heavy atom. The zero-order valence-corrected chi connectivity index (χ0v) is 20.1. The van der Waals surface area contributed by atoms with Gasteiger partial charge in [0.15, 0.2) is 5.96 Å². The van der Waals surface area contributed by atoms with Gasteiger partial charge in [-0.3, -0.25) is 9.69 Å². The number of benzene rings is 1. The molecule has 1 aromatic carbocycles. The summed E-state index contributed by atoms with van der Waals surface area (Å²) in [6.45, 7) is 13.0. The number of nitrogens with zero attached hydrogens (tertiary/aromatic N) is 2. The zero-order chi connectivity index (χ0) is 19.9. The molecule has 1 amide bonds. The minimum absolute atomic E-state index is 0. The van der Waals surface area contributed by atoms with Crippen molar-refractivity contribution in [2.75, 3.05) is 19.6 Å². The van der Waals surface area contributed by atoms with Gasteiger partial charge in [-0.2, -0.15) is 0 Å². The van der Waals surface area contributed by atoms with Crippen LogP contribution >= 0.6 is 24.0 Å². The number of halogens is 1. The quantitative estimate of drug-likeness (QED) is 0.319. The molecule has 1 aliphatic heterocycles. The van der Waals surface area contributed by atoms with Crippen LogP contribution in [0.3, 0.4) is 0 Å². The molecule has 158 valence electrons. The third-order valence-electron chi connectivity index (χ3n) is 4.51. The van der Waals surface area contributed by atoms with Crippen LogP contribution in [0.15, 0.2) is 35.3 Å². The molecule has 28 heavy (non-hydrogen) atoms. The molecule has 2 atom stereocenters. The lowest BCUT2D eigenvalue weighted by molar-refractivity contribution is -0.121. The van der Waals surface area contributed by atoms with Crippen LogP contribution in [0.4, 0.5) is 0 Å². The molecule has 0 aliphatic carbocycles. The molecule has 2 unspecified atom stereocenters. The SMILES string of the molecule is CCNC(=NCC(=O)NC(C)(C)C)NC1CC(C)N(Cc2ccccc2)C1.I. The molecule has 7 heteroatoms. The maximum absolute atomic E-state index is 12.0. The Morgan fingerprint density at radius 3 is 2.54 bits per heavy atom. The van der Waals surface area contributed by atoms with E-state index in [1.54, 1.807) is 0 Å². The predicted molar refractivity (Wildman–Crippen MR) is 127 cm³/mol. The van der Waals surface area contributed by atoms with E-state index in [4.69, 9.17) is 0 Å². The predicted octanol–water partition coefficient (Wildman–Crippen LogP) is 2.74. The van der Waals surface area contributed by atoms with Crippen molar-refractivity contribution in [1.82, 2.24) is 20.9 Å². The fourth-order valence-electron chi connectivity index (χ4n) is 3.36. The number of guanidine groups is 1. The van der Waals surface area contributed by atoms with Crippen molar-refractivity contribution < 1.29 is 4.79 Å². The van der Waals surface area contributed by atoms with E-state index >= 15 is 0 Å². The summed E-state index contributed by atoms with van der Waals surface area (Å²) in [4.78, 5) is 19.0. The highest BCUT2D eigenvalue weighted by molar-refractivity contribution is 14.0. The van der Waals surface area contributed by atoms with Gasteiger partial charge in [-0.15, -0.1) is 24.0 Å². The summed E-state index contributed by atoms with van der Waals surface area (Å²) in [6, 6.07) is 11.4. The fourth-order valence-corrected chi connectivity index (χ4v) is 3.36. The maximum Gasteiger partial charge on any atom is 0.242 e. The molecule has 0 saturated carbocycles. The minimum atomic E-state index is -0.239. The van der Waals surface area contributed by atoms with Crippen molar-refractivity contribution in [2.45, 2.75) is 65.2 Å². The monoisotopic (exact) mass is 501 g/mol. The number of hydrogen-bond acceptors (Lipinski definition) is 3. The standard InChI is InChI=1S/C21H35N5O.HI/c1-6-22-20(23-13-19(27)25-21(3,4)5)24-18-12-16(2)26(15-18)14-17-10-8-7-9-11-17;/h7-11,16,18H,6,12-15H2,1-5H3,(H,25,27)(H2,22,23,24);1H. The lowest BCUT2D eigenvalue weighted by Crippen LogP contribution is -2.46. The van der Waals surface area contributed by atoms with E-state index in [1.807, 2.05) is 27.7 Å². The van der Waals surface area contributed by atoms with Gasteiger partial charge >= 0.3 is 0 Å². The first-order valence-electron chi connectivity index (χ1n) is 9.90. The summed E-state index contributed by atoms with van der Waals surface area (Å²) in [6.07, 6.45) is 1.06. The number of nitrogens with one attached hydrogen (secondary N) is 3. The van der Waals surface area contributed by atoms with E-state index in [2.05, 4.69) is 63.1 Å². The second-order valence-corrected chi connectivity index (χ2v) is 8.33. The number of aliphatic imine (C=N–C) groups is 1. The summed E-state index contributed by atoms with van der Waals surface area (Å²) in [5, 5.41) is 9.69. The van der Waals surface area contributed by atoms with Gasteiger partial charge in [0.05, 0.1) is 0 Å². The molecule has 6 nitrogen and oxygen atoms in total. The largest absolute Gasteiger partial charge is 0.357 e. The Balaban J connectivity index is 0.00000392. The molecule has 0 spiro atoms. The van der Waals surface area contributed by atoms with Crippen LogP contribution in [0.5, 0.6) is 0 Å². The molecule has 0 radical (unpaired) electrons. The average Bonchev–Trinajstić information content (AvgIpc) is 2.91. The second kappa shape index (κ2) is 11.6. The highest BCUT2D eigenvalue weighted by Crippen LogP contribution is 2.20. The molecular weight excluding hydrogens is 465 g/mol. The first-order chi connectivity index (χ1) is 12.8. The van der Waals surface area contributed by atoms with Crippen molar-refractivity contribution in [3.63, 3.8) is 0 Å². The zero-order valence-electron chi connectivity index (χ0n) is 17.8. The Bertz CT molecular complexity index is 629. The van der Waals surface area contributed by atoms with Crippen LogP contribution in [0, 0.1) is 0 Å². The van der Waals surface area contributed by atoms with Crippen molar-refractivity contribution in [2.24, 2.45) is 4.99 Å². The van der Waals surface area contributed by atoms with Gasteiger partial charge in [-0.25, -0.2) is 4.99 Å². The Labute approximate surface area is 187 Å². The summed E-state index contributed by atoms with van der Waals surface area (Å²) in [7, 11) is 0. The van der Waals surface area contributed by atoms with Crippen molar-refractivity contribution in [3.05, 3.63) is 35.9 Å². The molecule has 0 aromatic heterocycles. The topological polar surface area (TPSA) is 68.8 Å². The van der Waals surface area contributed by atoms with E-state index in [9.17, 15) is 4.79 Å². The van der Waals surface area contributed by atoms with Crippen molar-refractivity contribution >= 4 is 35.8 Å². The summed E-state index contributed by atoms with van der Waals surface area (Å²) >= 11 is 0. The third kappa shape index (κ3) is 8.77. The fraction of sp³-hybridized carbons (Fsp3) is 0.619. The number of hydrogen-bond donors (Lipinski definition) is 3. The van der Waals surface area contributed by atoms with Gasteiger partial charge in [0, 0.05) is 37.3 Å². The van der Waals surface area contributed by atoms with Crippen LogP contribution in [0.2, 0.25) is 0 Å². The van der Waals surface area contributed by atoms with Crippen LogP contribution in [0.1, 0.15) is 46.6 Å². The smallest absolute Gasteiger partial charge is 0.242 e. The van der Waals surface area contributed by atoms with Gasteiger partial charge in [0.25, 0.3) is 0 Å². The van der Waals surface area contributed by atoms with Crippen LogP contribution < -0.4 is 16.0 Å². The summed E-state index contributed by atoms with van der Waals surface area (Å²) in [5.74, 6) is 0.644. The van der Waals surface area contributed by atoms with Gasteiger partial charge in [-0.1, -0.05) is 30.3 Å². The highest BCUT2D eigenvalue weighted by atomic mass is 127. The van der Waals surface area contributed by atoms with Crippen molar-refractivity contribution in [3.8, 4) is 0 Å². The Morgan fingerprint density at radius 2 is 1.93 bits per heavy atom. The number of amides is 1. The van der Waals surface area contributed by atoms with Crippen LogP contribution in [-0.4, -0.2) is 54.0 Å². The average molecular weight is 501 g/mol. The maximum atomic E-state index is 12.0. The molecular formula is C21H36IN5O.